The van der Waals surface area contributed by atoms with E-state index in [2.05, 4.69) is 5.32 Å². The van der Waals surface area contributed by atoms with Crippen LogP contribution in [0.4, 0.5) is 0 Å². The molecule has 0 aromatic heterocycles. The van der Waals surface area contributed by atoms with Crippen molar-refractivity contribution in [3.8, 4) is 6.07 Å². The van der Waals surface area contributed by atoms with E-state index in [1.54, 1.807) is 0 Å². The summed E-state index contributed by atoms with van der Waals surface area (Å²) in [5.41, 5.74) is 0. The van der Waals surface area contributed by atoms with E-state index >= 15 is 0 Å². The molecule has 0 aliphatic carbocycles. The molecule has 1 amide bonds. The van der Waals surface area contributed by atoms with Gasteiger partial charge in [-0.2, -0.15) is 5.26 Å². The molecule has 4 nitrogen and oxygen atoms in total. The lowest BCUT2D eigenvalue weighted by atomic mass is 10.0. The van der Waals surface area contributed by atoms with Crippen molar-refractivity contribution in [1.82, 2.24) is 5.32 Å². The minimum absolute atomic E-state index is 0.164. The molecular weight excluding hydrogens is 192 g/mol. The van der Waals surface area contributed by atoms with E-state index in [-0.39, 0.29) is 12.5 Å². The molecule has 0 bridgehead atoms. The van der Waals surface area contributed by atoms with Crippen LogP contribution in [0.1, 0.15) is 39.0 Å². The average Bonchev–Trinajstić information content (AvgIpc) is 2.25. The number of carbonyl (C=O) groups excluding carboxylic acids is 1. The van der Waals surface area contributed by atoms with E-state index in [1.165, 1.54) is 0 Å². The van der Waals surface area contributed by atoms with Crippen LogP contribution in [0.25, 0.3) is 0 Å². The van der Waals surface area contributed by atoms with Crippen LogP contribution in [0.3, 0.4) is 0 Å². The fourth-order valence-electron chi connectivity index (χ4n) is 1.29. The van der Waals surface area contributed by atoms with Gasteiger partial charge >= 0.3 is 0 Å². The minimum atomic E-state index is -0.507. The quantitative estimate of drug-likeness (QED) is 0.594. The summed E-state index contributed by atoms with van der Waals surface area (Å²) in [5, 5.41) is 20.0. The number of nitrogens with one attached hydrogen (secondary N) is 1. The zero-order valence-corrected chi connectivity index (χ0v) is 9.33. The highest BCUT2D eigenvalue weighted by atomic mass is 16.2. The highest BCUT2D eigenvalue weighted by Gasteiger charge is 2.15. The van der Waals surface area contributed by atoms with Gasteiger partial charge in [0.05, 0.1) is 6.07 Å². The fraction of sp³-hybridized carbons (Fsp3) is 0.818. The van der Waals surface area contributed by atoms with Crippen molar-refractivity contribution in [3.63, 3.8) is 0 Å². The summed E-state index contributed by atoms with van der Waals surface area (Å²) in [6.45, 7) is 2.75. The van der Waals surface area contributed by atoms with Crippen molar-refractivity contribution < 1.29 is 9.90 Å². The number of nitrogens with zero attached hydrogens (tertiary/aromatic N) is 1. The topological polar surface area (TPSA) is 73.1 Å². The number of amides is 1. The summed E-state index contributed by atoms with van der Waals surface area (Å²) >= 11 is 0. The Morgan fingerprint density at radius 3 is 2.73 bits per heavy atom. The van der Waals surface area contributed by atoms with Crippen molar-refractivity contribution >= 4 is 5.91 Å². The molecule has 2 N–H and O–H groups in total. The lowest BCUT2D eigenvalue weighted by Crippen LogP contribution is -2.30. The summed E-state index contributed by atoms with van der Waals surface area (Å²) in [6.07, 6.45) is 4.00. The van der Waals surface area contributed by atoms with Crippen molar-refractivity contribution in [2.24, 2.45) is 5.92 Å². The molecule has 0 rings (SSSR count). The number of aliphatic hydroxyl groups is 1. The number of unbranched alkanes of at least 4 members (excludes halogenated alkanes) is 2. The molecule has 0 saturated carbocycles. The molecule has 0 fully saturated rings. The molecule has 1 unspecified atom stereocenters. The predicted molar refractivity (Wildman–Crippen MR) is 58.0 cm³/mol. The zero-order valence-electron chi connectivity index (χ0n) is 9.33. The Morgan fingerprint density at radius 2 is 2.20 bits per heavy atom. The van der Waals surface area contributed by atoms with Crippen molar-refractivity contribution in [3.05, 3.63) is 0 Å². The Hall–Kier alpha value is -1.08. The van der Waals surface area contributed by atoms with E-state index in [0.29, 0.717) is 13.0 Å². The number of nitriles is 1. The van der Waals surface area contributed by atoms with Crippen LogP contribution in [-0.2, 0) is 4.79 Å². The van der Waals surface area contributed by atoms with Gasteiger partial charge in [0, 0.05) is 13.2 Å². The third kappa shape index (κ3) is 6.92. The molecule has 4 heteroatoms. The van der Waals surface area contributed by atoms with Gasteiger partial charge in [-0.3, -0.25) is 4.79 Å². The molecule has 0 heterocycles. The molecule has 0 aromatic carbocycles. The highest BCUT2D eigenvalue weighted by Crippen LogP contribution is 2.04. The van der Waals surface area contributed by atoms with Crippen LogP contribution in [0.2, 0.25) is 0 Å². The van der Waals surface area contributed by atoms with Crippen molar-refractivity contribution in [2.75, 3.05) is 13.2 Å². The first-order chi connectivity index (χ1) is 7.26. The van der Waals surface area contributed by atoms with Crippen LogP contribution in [-0.4, -0.2) is 24.2 Å². The Morgan fingerprint density at radius 1 is 1.47 bits per heavy atom. The molecule has 1 atom stereocenters. The SMILES string of the molecule is CCCC(C#N)C(=O)NCCCCCO. The van der Waals surface area contributed by atoms with Gasteiger partial charge in [0.25, 0.3) is 0 Å². The van der Waals surface area contributed by atoms with Crippen LogP contribution in [0.15, 0.2) is 0 Å². The molecule has 0 spiro atoms. The third-order valence-corrected chi connectivity index (χ3v) is 2.18. The summed E-state index contributed by atoms with van der Waals surface area (Å²) in [6, 6.07) is 2.00. The van der Waals surface area contributed by atoms with Gasteiger partial charge in [-0.25, -0.2) is 0 Å². The zero-order chi connectivity index (χ0) is 11.5. The normalized spacial score (nSPS) is 11.8. The Balaban J connectivity index is 3.59. The fourth-order valence-corrected chi connectivity index (χ4v) is 1.29. The number of hydrogen-bond donors (Lipinski definition) is 2. The molecule has 0 aromatic rings. The molecule has 15 heavy (non-hydrogen) atoms. The van der Waals surface area contributed by atoms with E-state index in [4.69, 9.17) is 10.4 Å². The van der Waals surface area contributed by atoms with Crippen molar-refractivity contribution in [1.29, 1.82) is 5.26 Å². The molecule has 0 saturated heterocycles. The third-order valence-electron chi connectivity index (χ3n) is 2.18. The maximum absolute atomic E-state index is 11.4. The molecule has 0 aliphatic heterocycles. The van der Waals surface area contributed by atoms with Gasteiger partial charge in [-0.1, -0.05) is 13.3 Å². The number of hydrogen-bond acceptors (Lipinski definition) is 3. The minimum Gasteiger partial charge on any atom is -0.396 e. The smallest absolute Gasteiger partial charge is 0.237 e. The predicted octanol–water partition coefficient (Wildman–Crippen LogP) is 1.21. The number of carbonyl (C=O) groups is 1. The number of aliphatic hydroxyl groups excluding tert-OH is 1. The van der Waals surface area contributed by atoms with E-state index < -0.39 is 5.92 Å². The van der Waals surface area contributed by atoms with Crippen LogP contribution >= 0.6 is 0 Å². The molecule has 0 radical (unpaired) electrons. The average molecular weight is 212 g/mol. The highest BCUT2D eigenvalue weighted by molar-refractivity contribution is 5.80. The maximum Gasteiger partial charge on any atom is 0.237 e. The molecular formula is C11H20N2O2. The lowest BCUT2D eigenvalue weighted by molar-refractivity contribution is -0.123. The Bertz CT molecular complexity index is 211. The number of rotatable bonds is 8. The first kappa shape index (κ1) is 13.9. The summed E-state index contributed by atoms with van der Waals surface area (Å²) in [4.78, 5) is 11.4. The van der Waals surface area contributed by atoms with Gasteiger partial charge < -0.3 is 10.4 Å². The molecule has 0 aliphatic rings. The van der Waals surface area contributed by atoms with Crippen molar-refractivity contribution in [2.45, 2.75) is 39.0 Å². The first-order valence-electron chi connectivity index (χ1n) is 5.54. The summed E-state index contributed by atoms with van der Waals surface area (Å²) in [5.74, 6) is -0.670. The standard InChI is InChI=1S/C11H20N2O2/c1-2-6-10(9-12)11(15)13-7-4-3-5-8-14/h10,14H,2-8H2,1H3,(H,13,15). The molecule has 86 valence electrons. The van der Waals surface area contributed by atoms with E-state index in [1.807, 2.05) is 13.0 Å². The van der Waals surface area contributed by atoms with Gasteiger partial charge in [0.2, 0.25) is 5.91 Å². The van der Waals surface area contributed by atoms with Crippen LogP contribution < -0.4 is 5.32 Å². The summed E-state index contributed by atoms with van der Waals surface area (Å²) in [7, 11) is 0. The Labute approximate surface area is 91.3 Å². The van der Waals surface area contributed by atoms with Crippen LogP contribution in [0.5, 0.6) is 0 Å². The van der Waals surface area contributed by atoms with Gasteiger partial charge in [0.15, 0.2) is 0 Å². The van der Waals surface area contributed by atoms with Gasteiger partial charge in [-0.15, -0.1) is 0 Å². The second-order valence-electron chi connectivity index (χ2n) is 3.55. The lowest BCUT2D eigenvalue weighted by Gasteiger charge is -2.08. The van der Waals surface area contributed by atoms with Gasteiger partial charge in [-0.05, 0) is 25.7 Å². The monoisotopic (exact) mass is 212 g/mol. The maximum atomic E-state index is 11.4. The van der Waals surface area contributed by atoms with Gasteiger partial charge in [0.1, 0.15) is 5.92 Å². The second-order valence-corrected chi connectivity index (χ2v) is 3.55. The Kier molecular flexibility index (Phi) is 8.79. The van der Waals surface area contributed by atoms with E-state index in [0.717, 1.165) is 25.7 Å². The summed E-state index contributed by atoms with van der Waals surface area (Å²) < 4.78 is 0. The first-order valence-corrected chi connectivity index (χ1v) is 5.54. The van der Waals surface area contributed by atoms with E-state index in [9.17, 15) is 4.79 Å². The second kappa shape index (κ2) is 9.47. The largest absolute Gasteiger partial charge is 0.396 e. The van der Waals surface area contributed by atoms with Crippen LogP contribution in [0, 0.1) is 17.2 Å².